The number of benzene rings is 2. The van der Waals surface area contributed by atoms with E-state index in [0.717, 1.165) is 5.56 Å². The minimum absolute atomic E-state index is 0.0439. The summed E-state index contributed by atoms with van der Waals surface area (Å²) in [5.41, 5.74) is 2.54. The van der Waals surface area contributed by atoms with Crippen molar-refractivity contribution in [2.75, 3.05) is 16.0 Å². The lowest BCUT2D eigenvalue weighted by atomic mass is 9.92. The lowest BCUT2D eigenvalue weighted by Gasteiger charge is -2.26. The van der Waals surface area contributed by atoms with Crippen LogP contribution >= 0.6 is 11.8 Å². The number of nitrogens with zero attached hydrogens (tertiary/aromatic N) is 1. The molecule has 1 atom stereocenters. The van der Waals surface area contributed by atoms with Crippen molar-refractivity contribution in [2.24, 2.45) is 5.41 Å². The lowest BCUT2D eigenvalue weighted by molar-refractivity contribution is -0.118. The van der Waals surface area contributed by atoms with E-state index in [-0.39, 0.29) is 28.4 Å². The van der Waals surface area contributed by atoms with Gasteiger partial charge >= 0.3 is 0 Å². The second kappa shape index (κ2) is 7.95. The molecule has 2 aromatic carbocycles. The number of carbonyl (C=O) groups excluding carboxylic acids is 2. The SMILES string of the molecule is Cc1c(F)cccc1N1C(=O)CS[C@H]1c1cccc(NC(=O)CC(C)(C)C)c1. The number of halogens is 1. The highest BCUT2D eigenvalue weighted by molar-refractivity contribution is 8.00. The molecule has 4 nitrogen and oxygen atoms in total. The first kappa shape index (κ1) is 20.4. The molecule has 1 heterocycles. The molecule has 2 aromatic rings. The summed E-state index contributed by atoms with van der Waals surface area (Å²) < 4.78 is 14.0. The third kappa shape index (κ3) is 4.55. The van der Waals surface area contributed by atoms with Crippen LogP contribution in [-0.4, -0.2) is 17.6 Å². The van der Waals surface area contributed by atoms with Gasteiger partial charge in [0.1, 0.15) is 11.2 Å². The Bertz CT molecular complexity index is 908. The maximum absolute atomic E-state index is 14.0. The molecule has 0 bridgehead atoms. The molecule has 1 fully saturated rings. The first-order chi connectivity index (χ1) is 13.2. The average molecular weight is 401 g/mol. The first-order valence-corrected chi connectivity index (χ1v) is 10.3. The van der Waals surface area contributed by atoms with Crippen molar-refractivity contribution >= 4 is 35.0 Å². The van der Waals surface area contributed by atoms with E-state index < -0.39 is 0 Å². The van der Waals surface area contributed by atoms with Crippen molar-refractivity contribution < 1.29 is 14.0 Å². The molecular formula is C22H25FN2O2S. The molecule has 0 unspecified atom stereocenters. The first-order valence-electron chi connectivity index (χ1n) is 9.24. The molecule has 1 aliphatic heterocycles. The number of hydrogen-bond acceptors (Lipinski definition) is 3. The Morgan fingerprint density at radius 1 is 1.25 bits per heavy atom. The van der Waals surface area contributed by atoms with Crippen LogP contribution in [-0.2, 0) is 9.59 Å². The number of carbonyl (C=O) groups is 2. The highest BCUT2D eigenvalue weighted by atomic mass is 32.2. The highest BCUT2D eigenvalue weighted by Gasteiger charge is 2.35. The summed E-state index contributed by atoms with van der Waals surface area (Å²) >= 11 is 1.50. The maximum Gasteiger partial charge on any atom is 0.238 e. The van der Waals surface area contributed by atoms with Gasteiger partial charge in [0, 0.05) is 17.7 Å². The summed E-state index contributed by atoms with van der Waals surface area (Å²) in [6.45, 7) is 7.73. The van der Waals surface area contributed by atoms with Crippen LogP contribution in [0.4, 0.5) is 15.8 Å². The fraction of sp³-hybridized carbons (Fsp3) is 0.364. The van der Waals surface area contributed by atoms with Crippen LogP contribution in [0.25, 0.3) is 0 Å². The van der Waals surface area contributed by atoms with E-state index in [1.807, 2.05) is 45.0 Å². The fourth-order valence-electron chi connectivity index (χ4n) is 3.24. The molecule has 0 aliphatic carbocycles. The largest absolute Gasteiger partial charge is 0.326 e. The van der Waals surface area contributed by atoms with Gasteiger partial charge in [-0.3, -0.25) is 14.5 Å². The van der Waals surface area contributed by atoms with Gasteiger partial charge in [-0.25, -0.2) is 4.39 Å². The van der Waals surface area contributed by atoms with E-state index in [9.17, 15) is 14.0 Å². The van der Waals surface area contributed by atoms with Crippen molar-refractivity contribution in [3.8, 4) is 0 Å². The van der Waals surface area contributed by atoms with E-state index in [4.69, 9.17) is 0 Å². The van der Waals surface area contributed by atoms with Crippen LogP contribution in [0, 0.1) is 18.2 Å². The topological polar surface area (TPSA) is 49.4 Å². The summed E-state index contributed by atoms with van der Waals surface area (Å²) in [4.78, 5) is 26.5. The molecule has 0 saturated carbocycles. The Morgan fingerprint density at radius 2 is 1.96 bits per heavy atom. The molecule has 0 spiro atoms. The predicted octanol–water partition coefficient (Wildman–Crippen LogP) is 5.29. The number of anilines is 2. The van der Waals surface area contributed by atoms with Gasteiger partial charge in [-0.05, 0) is 42.2 Å². The van der Waals surface area contributed by atoms with Gasteiger partial charge in [0.25, 0.3) is 0 Å². The van der Waals surface area contributed by atoms with E-state index in [0.29, 0.717) is 29.1 Å². The van der Waals surface area contributed by atoms with Crippen LogP contribution in [0.3, 0.4) is 0 Å². The fourth-order valence-corrected chi connectivity index (χ4v) is 4.40. The number of amides is 2. The van der Waals surface area contributed by atoms with Gasteiger partial charge in [0.15, 0.2) is 0 Å². The lowest BCUT2D eigenvalue weighted by Crippen LogP contribution is -2.28. The standard InChI is InChI=1S/C22H25FN2O2S/c1-14-17(23)9-6-10-18(14)25-20(27)13-28-21(25)15-7-5-8-16(11-15)24-19(26)12-22(2,3)4/h5-11,21H,12-13H2,1-4H3,(H,24,26)/t21-/m0/s1. The van der Waals surface area contributed by atoms with Crippen molar-refractivity contribution in [3.63, 3.8) is 0 Å². The molecule has 28 heavy (non-hydrogen) atoms. The number of hydrogen-bond donors (Lipinski definition) is 1. The van der Waals surface area contributed by atoms with Crippen molar-refractivity contribution in [2.45, 2.75) is 39.5 Å². The molecule has 1 saturated heterocycles. The Labute approximate surface area is 169 Å². The second-order valence-electron chi connectivity index (χ2n) is 8.22. The van der Waals surface area contributed by atoms with E-state index >= 15 is 0 Å². The quantitative estimate of drug-likeness (QED) is 0.759. The van der Waals surface area contributed by atoms with Crippen LogP contribution in [0.5, 0.6) is 0 Å². The highest BCUT2D eigenvalue weighted by Crippen LogP contribution is 2.43. The zero-order valence-corrected chi connectivity index (χ0v) is 17.4. The molecule has 3 rings (SSSR count). The Morgan fingerprint density at radius 3 is 2.68 bits per heavy atom. The zero-order valence-electron chi connectivity index (χ0n) is 16.6. The minimum atomic E-state index is -0.329. The van der Waals surface area contributed by atoms with Gasteiger partial charge in [-0.1, -0.05) is 39.0 Å². The molecule has 1 aliphatic rings. The number of thioether (sulfide) groups is 1. The van der Waals surface area contributed by atoms with Crippen molar-refractivity contribution in [1.29, 1.82) is 0 Å². The summed E-state index contributed by atoms with van der Waals surface area (Å²) in [6.07, 6.45) is 0.419. The third-order valence-corrected chi connectivity index (χ3v) is 5.73. The molecule has 6 heteroatoms. The average Bonchev–Trinajstić information content (AvgIpc) is 2.97. The predicted molar refractivity (Wildman–Crippen MR) is 113 cm³/mol. The Kier molecular flexibility index (Phi) is 5.79. The van der Waals surface area contributed by atoms with Crippen LogP contribution in [0.15, 0.2) is 42.5 Å². The normalized spacial score (nSPS) is 17.1. The summed E-state index contributed by atoms with van der Waals surface area (Å²) in [6, 6.07) is 12.3. The maximum atomic E-state index is 14.0. The summed E-state index contributed by atoms with van der Waals surface area (Å²) in [5, 5.41) is 2.68. The molecule has 2 amide bonds. The minimum Gasteiger partial charge on any atom is -0.326 e. The van der Waals surface area contributed by atoms with Crippen molar-refractivity contribution in [1.82, 2.24) is 0 Å². The van der Waals surface area contributed by atoms with E-state index in [1.165, 1.54) is 17.8 Å². The van der Waals surface area contributed by atoms with Gasteiger partial charge in [-0.2, -0.15) is 0 Å². The van der Waals surface area contributed by atoms with Gasteiger partial charge < -0.3 is 5.32 Å². The smallest absolute Gasteiger partial charge is 0.238 e. The van der Waals surface area contributed by atoms with Crippen molar-refractivity contribution in [3.05, 3.63) is 59.4 Å². The monoisotopic (exact) mass is 400 g/mol. The van der Waals surface area contributed by atoms with Crippen LogP contribution < -0.4 is 10.2 Å². The zero-order chi connectivity index (χ0) is 20.5. The second-order valence-corrected chi connectivity index (χ2v) is 9.29. The summed E-state index contributed by atoms with van der Waals surface area (Å²) in [5.74, 6) is -0.0889. The Balaban J connectivity index is 1.87. The van der Waals surface area contributed by atoms with Gasteiger partial charge in [0.05, 0.1) is 11.4 Å². The number of nitrogens with one attached hydrogen (secondary N) is 1. The van der Waals surface area contributed by atoms with Gasteiger partial charge in [0.2, 0.25) is 11.8 Å². The van der Waals surface area contributed by atoms with Crippen LogP contribution in [0.1, 0.15) is 43.7 Å². The Hall–Kier alpha value is -2.34. The van der Waals surface area contributed by atoms with E-state index in [1.54, 1.807) is 24.0 Å². The molecule has 148 valence electrons. The number of rotatable bonds is 4. The third-order valence-electron chi connectivity index (χ3n) is 4.51. The molecule has 0 aromatic heterocycles. The summed E-state index contributed by atoms with van der Waals surface area (Å²) in [7, 11) is 0. The van der Waals surface area contributed by atoms with Crippen LogP contribution in [0.2, 0.25) is 0 Å². The molecule has 1 N–H and O–H groups in total. The van der Waals surface area contributed by atoms with E-state index in [2.05, 4.69) is 5.32 Å². The van der Waals surface area contributed by atoms with Gasteiger partial charge in [-0.15, -0.1) is 11.8 Å². The molecule has 0 radical (unpaired) electrons. The molecular weight excluding hydrogens is 375 g/mol.